The molecule has 0 bridgehead atoms. The van der Waals surface area contributed by atoms with Gasteiger partial charge in [-0.15, -0.1) is 11.8 Å². The molecule has 0 atom stereocenters. The number of carbonyl (C=O) groups is 1. The fraction of sp³-hybridized carbons (Fsp3) is 0.200. The monoisotopic (exact) mass is 143 g/mol. The topological polar surface area (TPSA) is 61.2 Å². The van der Waals surface area contributed by atoms with E-state index in [1.807, 2.05) is 0 Å². The molecule has 1 aliphatic rings. The molecule has 0 aliphatic carbocycles. The third-order valence-corrected chi connectivity index (χ3v) is 1.96. The summed E-state index contributed by atoms with van der Waals surface area (Å²) < 4.78 is 0. The molecular formula is C5H5NO2S. The number of allylic oxidation sites excluding steroid dienone is 1. The normalized spacial score (nSPS) is 17.8. The van der Waals surface area contributed by atoms with Crippen molar-refractivity contribution in [3.8, 4) is 0 Å². The van der Waals surface area contributed by atoms with Gasteiger partial charge in [0.1, 0.15) is 0 Å². The molecule has 0 unspecified atom stereocenters. The molecule has 3 nitrogen and oxygen atoms in total. The molecule has 0 aromatic carbocycles. The van der Waals surface area contributed by atoms with E-state index in [4.69, 9.17) is 10.5 Å². The maximum absolute atomic E-state index is 10.2. The van der Waals surface area contributed by atoms with Crippen LogP contribution >= 0.6 is 11.8 Å². The molecule has 0 amide bonds. The zero-order chi connectivity index (χ0) is 6.85. The Morgan fingerprint density at radius 2 is 2.56 bits per heavy atom. The predicted molar refractivity (Wildman–Crippen MR) is 35.9 cm³/mol. The van der Waals surface area contributed by atoms with E-state index in [9.17, 15) is 4.79 Å². The van der Waals surface area contributed by atoms with E-state index in [-0.39, 0.29) is 4.91 Å². The van der Waals surface area contributed by atoms with Crippen LogP contribution in [0.15, 0.2) is 11.0 Å². The van der Waals surface area contributed by atoms with Gasteiger partial charge in [0, 0.05) is 11.5 Å². The first kappa shape index (κ1) is 6.35. The molecule has 4 heteroatoms. The van der Waals surface area contributed by atoms with E-state index in [0.717, 1.165) is 0 Å². The van der Waals surface area contributed by atoms with Gasteiger partial charge in [-0.2, -0.15) is 0 Å². The zero-order valence-corrected chi connectivity index (χ0v) is 5.36. The summed E-state index contributed by atoms with van der Waals surface area (Å²) >= 11 is 1.20. The third-order valence-electron chi connectivity index (χ3n) is 0.899. The van der Waals surface area contributed by atoms with Crippen LogP contribution in [0.5, 0.6) is 0 Å². The van der Waals surface area contributed by atoms with Crippen molar-refractivity contribution in [3.05, 3.63) is 11.0 Å². The van der Waals surface area contributed by atoms with Gasteiger partial charge in [0.05, 0.1) is 4.91 Å². The first-order chi connectivity index (χ1) is 4.20. The van der Waals surface area contributed by atoms with Crippen molar-refractivity contribution < 1.29 is 9.90 Å². The van der Waals surface area contributed by atoms with Gasteiger partial charge in [-0.25, -0.2) is 4.79 Å². The van der Waals surface area contributed by atoms with E-state index < -0.39 is 5.97 Å². The molecule has 0 saturated carbocycles. The molecule has 2 N–H and O–H groups in total. The average molecular weight is 143 g/mol. The number of hydrogen-bond acceptors (Lipinski definition) is 3. The Balaban J connectivity index is 2.74. The summed E-state index contributed by atoms with van der Waals surface area (Å²) in [6.07, 6.45) is 1.38. The van der Waals surface area contributed by atoms with Crippen molar-refractivity contribution in [1.82, 2.24) is 0 Å². The largest absolute Gasteiger partial charge is 0.477 e. The van der Waals surface area contributed by atoms with Crippen molar-refractivity contribution in [1.29, 1.82) is 5.41 Å². The molecule has 9 heavy (non-hydrogen) atoms. The Morgan fingerprint density at radius 3 is 2.78 bits per heavy atom. The quantitative estimate of drug-likeness (QED) is 0.568. The molecule has 0 radical (unpaired) electrons. The van der Waals surface area contributed by atoms with E-state index >= 15 is 0 Å². The molecule has 0 saturated heterocycles. The molecule has 1 heterocycles. The maximum Gasteiger partial charge on any atom is 0.342 e. The number of aliphatic carboxylic acids is 1. The zero-order valence-electron chi connectivity index (χ0n) is 4.55. The summed E-state index contributed by atoms with van der Waals surface area (Å²) in [4.78, 5) is 10.4. The second-order valence-corrected chi connectivity index (χ2v) is 2.64. The van der Waals surface area contributed by atoms with Crippen LogP contribution in [0.3, 0.4) is 0 Å². The van der Waals surface area contributed by atoms with Gasteiger partial charge in [-0.1, -0.05) is 0 Å². The lowest BCUT2D eigenvalue weighted by Gasteiger charge is -1.86. The van der Waals surface area contributed by atoms with Crippen molar-refractivity contribution in [2.24, 2.45) is 0 Å². The molecule has 48 valence electrons. The van der Waals surface area contributed by atoms with Crippen molar-refractivity contribution in [3.63, 3.8) is 0 Å². The molecule has 1 rings (SSSR count). The SMILES string of the molecule is N=C1C=C(C(=O)O)SC1. The van der Waals surface area contributed by atoms with Gasteiger partial charge in [0.15, 0.2) is 0 Å². The average Bonchev–Trinajstić information content (AvgIpc) is 2.14. The van der Waals surface area contributed by atoms with E-state index in [1.165, 1.54) is 17.8 Å². The van der Waals surface area contributed by atoms with Crippen LogP contribution < -0.4 is 0 Å². The van der Waals surface area contributed by atoms with Gasteiger partial charge >= 0.3 is 5.97 Å². The van der Waals surface area contributed by atoms with Crippen molar-refractivity contribution >= 4 is 23.4 Å². The molecule has 1 aliphatic heterocycles. The highest BCUT2D eigenvalue weighted by atomic mass is 32.2. The van der Waals surface area contributed by atoms with Crippen LogP contribution in [0.1, 0.15) is 0 Å². The fourth-order valence-electron chi connectivity index (χ4n) is 0.521. The molecule has 0 aromatic rings. The lowest BCUT2D eigenvalue weighted by Crippen LogP contribution is -1.92. The maximum atomic E-state index is 10.2. The van der Waals surface area contributed by atoms with Crippen LogP contribution in [-0.4, -0.2) is 22.5 Å². The molecule has 0 spiro atoms. The highest BCUT2D eigenvalue weighted by molar-refractivity contribution is 8.05. The first-order valence-electron chi connectivity index (χ1n) is 2.35. The number of hydrogen-bond donors (Lipinski definition) is 2. The highest BCUT2D eigenvalue weighted by Gasteiger charge is 2.15. The third kappa shape index (κ3) is 1.32. The Kier molecular flexibility index (Phi) is 1.57. The van der Waals surface area contributed by atoms with Gasteiger partial charge in [-0.3, -0.25) is 0 Å². The number of carboxylic acid groups (broad SMARTS) is 1. The number of carboxylic acids is 1. The minimum atomic E-state index is -0.928. The van der Waals surface area contributed by atoms with Crippen LogP contribution in [0.4, 0.5) is 0 Å². The minimum Gasteiger partial charge on any atom is -0.477 e. The summed E-state index contributed by atoms with van der Waals surface area (Å²) in [5.41, 5.74) is 0.386. The second kappa shape index (κ2) is 2.23. The van der Waals surface area contributed by atoms with Gasteiger partial charge in [-0.05, 0) is 6.08 Å². The van der Waals surface area contributed by atoms with Crippen molar-refractivity contribution in [2.45, 2.75) is 0 Å². The smallest absolute Gasteiger partial charge is 0.342 e. The standard InChI is InChI=1S/C5H5NO2S/c6-3-1-4(5(7)8)9-2-3/h1,6H,2H2,(H,7,8). The van der Waals surface area contributed by atoms with Crippen LogP contribution in [0.2, 0.25) is 0 Å². The Bertz CT molecular complexity index is 197. The number of nitrogens with one attached hydrogen (secondary N) is 1. The summed E-state index contributed by atoms with van der Waals surface area (Å²) in [6, 6.07) is 0. The Labute approximate surface area is 56.3 Å². The van der Waals surface area contributed by atoms with Gasteiger partial charge in [0.25, 0.3) is 0 Å². The lowest BCUT2D eigenvalue weighted by molar-refractivity contribution is -0.131. The predicted octanol–water partition coefficient (Wildman–Crippen LogP) is 0.721. The molecular weight excluding hydrogens is 138 g/mol. The van der Waals surface area contributed by atoms with Gasteiger partial charge < -0.3 is 10.5 Å². The van der Waals surface area contributed by atoms with Crippen molar-refractivity contribution in [2.75, 3.05) is 5.75 Å². The van der Waals surface area contributed by atoms with Crippen LogP contribution in [0, 0.1) is 5.41 Å². The van der Waals surface area contributed by atoms with Gasteiger partial charge in [0.2, 0.25) is 0 Å². The summed E-state index contributed by atoms with van der Waals surface area (Å²) in [7, 11) is 0. The summed E-state index contributed by atoms with van der Waals surface area (Å²) in [6.45, 7) is 0. The first-order valence-corrected chi connectivity index (χ1v) is 3.34. The Hall–Kier alpha value is -0.770. The number of rotatable bonds is 1. The molecule has 0 aromatic heterocycles. The fourth-order valence-corrected chi connectivity index (χ4v) is 1.26. The highest BCUT2D eigenvalue weighted by Crippen LogP contribution is 2.22. The van der Waals surface area contributed by atoms with E-state index in [2.05, 4.69) is 0 Å². The Morgan fingerprint density at radius 1 is 1.89 bits per heavy atom. The second-order valence-electron chi connectivity index (χ2n) is 1.63. The van der Waals surface area contributed by atoms with Crippen LogP contribution in [-0.2, 0) is 4.79 Å². The van der Waals surface area contributed by atoms with Crippen LogP contribution in [0.25, 0.3) is 0 Å². The molecule has 0 fully saturated rings. The minimum absolute atomic E-state index is 0.278. The van der Waals surface area contributed by atoms with E-state index in [0.29, 0.717) is 11.5 Å². The summed E-state index contributed by atoms with van der Waals surface area (Å²) in [5.74, 6) is -0.427. The summed E-state index contributed by atoms with van der Waals surface area (Å²) in [5, 5.41) is 15.4. The number of thioether (sulfide) groups is 1. The lowest BCUT2D eigenvalue weighted by atomic mass is 10.4. The van der Waals surface area contributed by atoms with E-state index in [1.54, 1.807) is 0 Å².